The Labute approximate surface area is 174 Å². The summed E-state index contributed by atoms with van der Waals surface area (Å²) < 4.78 is 5.39. The normalized spacial score (nSPS) is 13.0. The van der Waals surface area contributed by atoms with Crippen molar-refractivity contribution in [2.45, 2.75) is 25.3 Å². The van der Waals surface area contributed by atoms with Crippen LogP contribution in [0.5, 0.6) is 0 Å². The Kier molecular flexibility index (Phi) is 6.51. The number of alkyl carbamates (subject to hydrolysis) is 1. The van der Waals surface area contributed by atoms with Crippen LogP contribution in [0.1, 0.15) is 30.4 Å². The first-order valence-corrected chi connectivity index (χ1v) is 9.62. The molecule has 0 bridgehead atoms. The molecule has 0 aromatic heterocycles. The first kappa shape index (κ1) is 21.1. The molecule has 0 saturated carbocycles. The molecule has 0 aliphatic heterocycles. The molecule has 2 amide bonds. The number of fused-ring (bicyclic) bond motifs is 3. The highest BCUT2D eigenvalue weighted by molar-refractivity contribution is 5.89. The van der Waals surface area contributed by atoms with Crippen LogP contribution in [-0.2, 0) is 14.3 Å². The van der Waals surface area contributed by atoms with Crippen molar-refractivity contribution in [3.8, 4) is 11.1 Å². The molecule has 2 aromatic carbocycles. The van der Waals surface area contributed by atoms with E-state index in [9.17, 15) is 14.4 Å². The van der Waals surface area contributed by atoms with E-state index >= 15 is 0 Å². The summed E-state index contributed by atoms with van der Waals surface area (Å²) in [4.78, 5) is 35.6. The second-order valence-corrected chi connectivity index (χ2v) is 7.30. The average molecular weight is 408 g/mol. The maximum atomic E-state index is 12.3. The second kappa shape index (κ2) is 9.26. The van der Waals surface area contributed by atoms with Gasteiger partial charge in [-0.3, -0.25) is 9.59 Å². The van der Waals surface area contributed by atoms with E-state index in [0.29, 0.717) is 5.57 Å². The molecule has 1 atom stereocenters. The second-order valence-electron chi connectivity index (χ2n) is 7.30. The van der Waals surface area contributed by atoms with Crippen LogP contribution in [-0.4, -0.2) is 42.3 Å². The van der Waals surface area contributed by atoms with Gasteiger partial charge in [-0.1, -0.05) is 60.7 Å². The number of benzene rings is 2. The highest BCUT2D eigenvalue weighted by Crippen LogP contribution is 2.44. The summed E-state index contributed by atoms with van der Waals surface area (Å²) >= 11 is 0. The summed E-state index contributed by atoms with van der Waals surface area (Å²) in [5, 5.41) is 14.0. The van der Waals surface area contributed by atoms with Gasteiger partial charge in [-0.05, 0) is 29.2 Å². The first-order chi connectivity index (χ1) is 14.4. The van der Waals surface area contributed by atoms with Gasteiger partial charge in [0.1, 0.15) is 12.6 Å². The lowest BCUT2D eigenvalue weighted by Gasteiger charge is -2.18. The molecule has 1 aliphatic rings. The minimum absolute atomic E-state index is 0.0764. The number of carbonyl (C=O) groups is 3. The molecule has 2 aromatic rings. The standard InChI is InChI=1S/C23H24N2O5/c1-14(2)12-24-22(28)20(11-21(26)27)25-23(29)30-13-19-17-9-5-3-7-15(17)16-8-4-6-10-18(16)19/h3-10,19-20H,1,11-13H2,2H3,(H,24,28)(H,25,29)(H,26,27). The highest BCUT2D eigenvalue weighted by Gasteiger charge is 2.30. The molecular weight excluding hydrogens is 384 g/mol. The fraction of sp³-hybridized carbons (Fsp3) is 0.261. The van der Waals surface area contributed by atoms with Gasteiger partial charge >= 0.3 is 12.1 Å². The molecular formula is C23H24N2O5. The minimum atomic E-state index is -1.24. The van der Waals surface area contributed by atoms with Gasteiger partial charge in [-0.25, -0.2) is 4.79 Å². The number of carboxylic acids is 1. The molecule has 0 heterocycles. The Bertz CT molecular complexity index is 940. The number of carboxylic acid groups (broad SMARTS) is 1. The predicted molar refractivity (Wildman–Crippen MR) is 112 cm³/mol. The number of carbonyl (C=O) groups excluding carboxylic acids is 2. The van der Waals surface area contributed by atoms with Gasteiger partial charge in [-0.15, -0.1) is 0 Å². The molecule has 30 heavy (non-hydrogen) atoms. The van der Waals surface area contributed by atoms with Crippen LogP contribution < -0.4 is 10.6 Å². The molecule has 7 heteroatoms. The third-order valence-corrected chi connectivity index (χ3v) is 4.90. The zero-order valence-electron chi connectivity index (χ0n) is 16.7. The Morgan fingerprint density at radius 3 is 2.17 bits per heavy atom. The largest absolute Gasteiger partial charge is 0.481 e. The van der Waals surface area contributed by atoms with E-state index in [1.54, 1.807) is 6.92 Å². The summed E-state index contributed by atoms with van der Waals surface area (Å²) in [6.07, 6.45) is -1.39. The quantitative estimate of drug-likeness (QED) is 0.583. The van der Waals surface area contributed by atoms with Crippen LogP contribution in [0, 0.1) is 0 Å². The Hall–Kier alpha value is -3.61. The van der Waals surface area contributed by atoms with Gasteiger partial charge in [0.2, 0.25) is 5.91 Å². The molecule has 0 saturated heterocycles. The van der Waals surface area contributed by atoms with E-state index < -0.39 is 30.4 Å². The fourth-order valence-electron chi connectivity index (χ4n) is 3.53. The van der Waals surface area contributed by atoms with Gasteiger partial charge in [0.25, 0.3) is 0 Å². The summed E-state index contributed by atoms with van der Waals surface area (Å²) in [5.41, 5.74) is 5.04. The predicted octanol–water partition coefficient (Wildman–Crippen LogP) is 3.06. The van der Waals surface area contributed by atoms with Crippen molar-refractivity contribution in [1.29, 1.82) is 0 Å². The van der Waals surface area contributed by atoms with E-state index in [0.717, 1.165) is 22.3 Å². The van der Waals surface area contributed by atoms with Crippen molar-refractivity contribution >= 4 is 18.0 Å². The topological polar surface area (TPSA) is 105 Å². The van der Waals surface area contributed by atoms with Gasteiger partial charge < -0.3 is 20.5 Å². The van der Waals surface area contributed by atoms with Crippen molar-refractivity contribution < 1.29 is 24.2 Å². The van der Waals surface area contributed by atoms with E-state index in [4.69, 9.17) is 9.84 Å². The van der Waals surface area contributed by atoms with Gasteiger partial charge in [0, 0.05) is 12.5 Å². The minimum Gasteiger partial charge on any atom is -0.481 e. The average Bonchev–Trinajstić information content (AvgIpc) is 3.03. The van der Waals surface area contributed by atoms with E-state index in [2.05, 4.69) is 17.2 Å². The summed E-state index contributed by atoms with van der Waals surface area (Å²) in [7, 11) is 0. The number of nitrogens with one attached hydrogen (secondary N) is 2. The molecule has 156 valence electrons. The van der Waals surface area contributed by atoms with E-state index in [1.807, 2.05) is 48.5 Å². The molecule has 1 unspecified atom stereocenters. The lowest BCUT2D eigenvalue weighted by atomic mass is 9.98. The molecule has 0 fully saturated rings. The summed E-state index contributed by atoms with van der Waals surface area (Å²) in [6.45, 7) is 5.68. The Morgan fingerprint density at radius 2 is 1.63 bits per heavy atom. The van der Waals surface area contributed by atoms with Crippen LogP contribution in [0.25, 0.3) is 11.1 Å². The number of rotatable bonds is 8. The van der Waals surface area contributed by atoms with Gasteiger partial charge in [0.05, 0.1) is 6.42 Å². The third-order valence-electron chi connectivity index (χ3n) is 4.90. The molecule has 0 radical (unpaired) electrons. The maximum Gasteiger partial charge on any atom is 0.407 e. The molecule has 1 aliphatic carbocycles. The van der Waals surface area contributed by atoms with Gasteiger partial charge in [-0.2, -0.15) is 0 Å². The number of hydrogen-bond donors (Lipinski definition) is 3. The Morgan fingerprint density at radius 1 is 1.07 bits per heavy atom. The van der Waals surface area contributed by atoms with Gasteiger partial charge in [0.15, 0.2) is 0 Å². The number of hydrogen-bond acceptors (Lipinski definition) is 4. The lowest BCUT2D eigenvalue weighted by molar-refractivity contribution is -0.139. The van der Waals surface area contributed by atoms with E-state index in [-0.39, 0.29) is 19.1 Å². The zero-order valence-corrected chi connectivity index (χ0v) is 16.7. The number of aliphatic carboxylic acids is 1. The molecule has 0 spiro atoms. The lowest BCUT2D eigenvalue weighted by Crippen LogP contribution is -2.48. The van der Waals surface area contributed by atoms with Crippen LogP contribution in [0.4, 0.5) is 4.79 Å². The molecule has 3 rings (SSSR count). The monoisotopic (exact) mass is 408 g/mol. The maximum absolute atomic E-state index is 12.3. The highest BCUT2D eigenvalue weighted by atomic mass is 16.5. The molecule has 7 nitrogen and oxygen atoms in total. The van der Waals surface area contributed by atoms with Crippen LogP contribution >= 0.6 is 0 Å². The number of ether oxygens (including phenoxy) is 1. The fourth-order valence-corrected chi connectivity index (χ4v) is 3.53. The smallest absolute Gasteiger partial charge is 0.407 e. The van der Waals surface area contributed by atoms with Crippen molar-refractivity contribution in [3.05, 3.63) is 71.8 Å². The van der Waals surface area contributed by atoms with Crippen molar-refractivity contribution in [2.75, 3.05) is 13.2 Å². The van der Waals surface area contributed by atoms with Crippen LogP contribution in [0.3, 0.4) is 0 Å². The SMILES string of the molecule is C=C(C)CNC(=O)C(CC(=O)O)NC(=O)OCC1c2ccccc2-c2ccccc21. The summed E-state index contributed by atoms with van der Waals surface area (Å²) in [6, 6.07) is 14.6. The van der Waals surface area contributed by atoms with E-state index in [1.165, 1.54) is 0 Å². The number of amides is 2. The first-order valence-electron chi connectivity index (χ1n) is 9.62. The molecule has 3 N–H and O–H groups in total. The van der Waals surface area contributed by atoms with Crippen molar-refractivity contribution in [3.63, 3.8) is 0 Å². The summed E-state index contributed by atoms with van der Waals surface area (Å²) in [5.74, 6) is -1.93. The van der Waals surface area contributed by atoms with Crippen molar-refractivity contribution in [1.82, 2.24) is 10.6 Å². The third kappa shape index (κ3) is 4.86. The van der Waals surface area contributed by atoms with Crippen molar-refractivity contribution in [2.24, 2.45) is 0 Å². The zero-order chi connectivity index (χ0) is 21.7. The van der Waals surface area contributed by atoms with Crippen LogP contribution in [0.2, 0.25) is 0 Å². The Balaban J connectivity index is 1.66. The van der Waals surface area contributed by atoms with Crippen LogP contribution in [0.15, 0.2) is 60.7 Å².